The molecule has 2 nitrogen and oxygen atoms in total. The summed E-state index contributed by atoms with van der Waals surface area (Å²) in [5.41, 5.74) is 0. The van der Waals surface area contributed by atoms with Crippen molar-refractivity contribution in [1.29, 1.82) is 0 Å². The van der Waals surface area contributed by atoms with E-state index >= 15 is 0 Å². The van der Waals surface area contributed by atoms with Crippen LogP contribution < -0.4 is 5.32 Å². The standard InChI is InChI=1S/C6H14N2S/c1-5(2)8(4)6(9)7-3/h5H,1-4H3,(H,7,9). The van der Waals surface area contributed by atoms with E-state index in [2.05, 4.69) is 19.2 Å². The maximum atomic E-state index is 4.97. The van der Waals surface area contributed by atoms with Gasteiger partial charge in [0.2, 0.25) is 0 Å². The summed E-state index contributed by atoms with van der Waals surface area (Å²) in [6.45, 7) is 4.20. The molecule has 0 aromatic rings. The van der Waals surface area contributed by atoms with Gasteiger partial charge in [0.15, 0.2) is 5.11 Å². The van der Waals surface area contributed by atoms with E-state index in [0.29, 0.717) is 6.04 Å². The number of rotatable bonds is 1. The molecule has 0 aromatic carbocycles. The molecule has 0 saturated carbocycles. The Bertz CT molecular complexity index is 101. The van der Waals surface area contributed by atoms with Crippen molar-refractivity contribution in [2.75, 3.05) is 14.1 Å². The second-order valence-electron chi connectivity index (χ2n) is 2.26. The van der Waals surface area contributed by atoms with Gasteiger partial charge in [0.25, 0.3) is 0 Å². The van der Waals surface area contributed by atoms with Crippen LogP contribution >= 0.6 is 12.2 Å². The van der Waals surface area contributed by atoms with Gasteiger partial charge in [-0.15, -0.1) is 0 Å². The van der Waals surface area contributed by atoms with E-state index < -0.39 is 0 Å². The lowest BCUT2D eigenvalue weighted by molar-refractivity contribution is 0.414. The SMILES string of the molecule is CNC(=S)N(C)C(C)C. The van der Waals surface area contributed by atoms with Crippen molar-refractivity contribution in [3.05, 3.63) is 0 Å². The molecule has 0 rings (SSSR count). The third kappa shape index (κ3) is 2.65. The molecular weight excluding hydrogens is 132 g/mol. The minimum absolute atomic E-state index is 0.477. The van der Waals surface area contributed by atoms with Crippen molar-refractivity contribution in [3.63, 3.8) is 0 Å². The molecule has 0 unspecified atom stereocenters. The van der Waals surface area contributed by atoms with Gasteiger partial charge in [0.05, 0.1) is 0 Å². The Morgan fingerprint density at radius 3 is 2.11 bits per heavy atom. The van der Waals surface area contributed by atoms with Crippen molar-refractivity contribution in [2.45, 2.75) is 19.9 Å². The Hall–Kier alpha value is -0.310. The summed E-state index contributed by atoms with van der Waals surface area (Å²) in [5.74, 6) is 0. The monoisotopic (exact) mass is 146 g/mol. The predicted octanol–water partition coefficient (Wildman–Crippen LogP) is 0.831. The van der Waals surface area contributed by atoms with Crippen LogP contribution in [0.15, 0.2) is 0 Å². The quantitative estimate of drug-likeness (QED) is 0.552. The van der Waals surface area contributed by atoms with Gasteiger partial charge in [-0.3, -0.25) is 0 Å². The van der Waals surface area contributed by atoms with E-state index in [-0.39, 0.29) is 0 Å². The molecule has 0 aliphatic carbocycles. The van der Waals surface area contributed by atoms with Crippen molar-refractivity contribution >= 4 is 17.3 Å². The average molecular weight is 146 g/mol. The molecule has 0 fully saturated rings. The number of thiocarbonyl (C=S) groups is 1. The second-order valence-corrected chi connectivity index (χ2v) is 2.65. The van der Waals surface area contributed by atoms with Gasteiger partial charge in [-0.1, -0.05) is 0 Å². The summed E-state index contributed by atoms with van der Waals surface area (Å²) < 4.78 is 0. The van der Waals surface area contributed by atoms with E-state index in [9.17, 15) is 0 Å². The topological polar surface area (TPSA) is 15.3 Å². The van der Waals surface area contributed by atoms with Crippen molar-refractivity contribution in [1.82, 2.24) is 10.2 Å². The number of nitrogens with zero attached hydrogens (tertiary/aromatic N) is 1. The Labute approximate surface area is 62.2 Å². The highest BCUT2D eigenvalue weighted by atomic mass is 32.1. The van der Waals surface area contributed by atoms with Gasteiger partial charge in [0.1, 0.15) is 0 Å². The van der Waals surface area contributed by atoms with Crippen molar-refractivity contribution in [2.24, 2.45) is 0 Å². The van der Waals surface area contributed by atoms with Crippen molar-refractivity contribution in [3.8, 4) is 0 Å². The van der Waals surface area contributed by atoms with Gasteiger partial charge in [-0.2, -0.15) is 0 Å². The fourth-order valence-electron chi connectivity index (χ4n) is 0.411. The molecule has 0 saturated heterocycles. The number of hydrogen-bond acceptors (Lipinski definition) is 1. The van der Waals surface area contributed by atoms with E-state index in [1.165, 1.54) is 0 Å². The molecule has 0 bridgehead atoms. The zero-order valence-corrected chi connectivity index (χ0v) is 7.25. The molecule has 54 valence electrons. The van der Waals surface area contributed by atoms with Crippen molar-refractivity contribution < 1.29 is 0 Å². The first-order valence-electron chi connectivity index (χ1n) is 3.04. The Kier molecular flexibility index (Phi) is 3.54. The molecule has 0 heterocycles. The third-order valence-electron chi connectivity index (χ3n) is 1.31. The lowest BCUT2D eigenvalue weighted by Crippen LogP contribution is -2.39. The van der Waals surface area contributed by atoms with Crippen LogP contribution in [0.3, 0.4) is 0 Å². The zero-order valence-electron chi connectivity index (χ0n) is 6.43. The summed E-state index contributed by atoms with van der Waals surface area (Å²) in [6.07, 6.45) is 0. The molecule has 3 heteroatoms. The average Bonchev–Trinajstić information content (AvgIpc) is 1.84. The van der Waals surface area contributed by atoms with Crippen LogP contribution in [0.1, 0.15) is 13.8 Å². The molecule has 0 spiro atoms. The fraction of sp³-hybridized carbons (Fsp3) is 0.833. The van der Waals surface area contributed by atoms with Gasteiger partial charge < -0.3 is 10.2 Å². The van der Waals surface area contributed by atoms with Crippen LogP contribution in [0.5, 0.6) is 0 Å². The highest BCUT2D eigenvalue weighted by molar-refractivity contribution is 7.80. The largest absolute Gasteiger partial charge is 0.366 e. The third-order valence-corrected chi connectivity index (χ3v) is 1.80. The molecule has 0 aliphatic heterocycles. The lowest BCUT2D eigenvalue weighted by Gasteiger charge is -2.23. The molecule has 1 N–H and O–H groups in total. The van der Waals surface area contributed by atoms with Gasteiger partial charge in [-0.05, 0) is 26.1 Å². The summed E-state index contributed by atoms with van der Waals surface area (Å²) in [6, 6.07) is 0.477. The first kappa shape index (κ1) is 8.69. The summed E-state index contributed by atoms with van der Waals surface area (Å²) >= 11 is 4.97. The Morgan fingerprint density at radius 2 is 2.00 bits per heavy atom. The van der Waals surface area contributed by atoms with Gasteiger partial charge in [-0.25, -0.2) is 0 Å². The molecule has 0 atom stereocenters. The fourth-order valence-corrected chi connectivity index (χ4v) is 0.622. The first-order valence-corrected chi connectivity index (χ1v) is 3.45. The van der Waals surface area contributed by atoms with E-state index in [1.807, 2.05) is 19.0 Å². The van der Waals surface area contributed by atoms with Crippen LogP contribution in [0, 0.1) is 0 Å². The summed E-state index contributed by atoms with van der Waals surface area (Å²) in [7, 11) is 3.81. The molecule has 0 aromatic heterocycles. The maximum absolute atomic E-state index is 4.97. The first-order chi connectivity index (χ1) is 4.09. The van der Waals surface area contributed by atoms with Gasteiger partial charge >= 0.3 is 0 Å². The molecular formula is C6H14N2S. The molecule has 0 radical (unpaired) electrons. The zero-order chi connectivity index (χ0) is 7.44. The Balaban J connectivity index is 3.72. The van der Waals surface area contributed by atoms with Crippen LogP contribution in [0.2, 0.25) is 0 Å². The minimum atomic E-state index is 0.477. The van der Waals surface area contributed by atoms with Gasteiger partial charge in [0, 0.05) is 20.1 Å². The molecule has 0 amide bonds. The smallest absolute Gasteiger partial charge is 0.168 e. The highest BCUT2D eigenvalue weighted by Gasteiger charge is 2.03. The highest BCUT2D eigenvalue weighted by Crippen LogP contribution is 1.92. The Morgan fingerprint density at radius 1 is 1.56 bits per heavy atom. The van der Waals surface area contributed by atoms with E-state index in [4.69, 9.17) is 12.2 Å². The van der Waals surface area contributed by atoms with E-state index in [0.717, 1.165) is 5.11 Å². The summed E-state index contributed by atoms with van der Waals surface area (Å²) in [4.78, 5) is 2.01. The van der Waals surface area contributed by atoms with Crippen LogP contribution in [-0.2, 0) is 0 Å². The van der Waals surface area contributed by atoms with Crippen LogP contribution in [0.25, 0.3) is 0 Å². The summed E-state index contributed by atoms with van der Waals surface area (Å²) in [5, 5.41) is 3.70. The van der Waals surface area contributed by atoms with E-state index in [1.54, 1.807) is 0 Å². The number of hydrogen-bond donors (Lipinski definition) is 1. The maximum Gasteiger partial charge on any atom is 0.168 e. The predicted molar refractivity (Wildman–Crippen MR) is 44.6 cm³/mol. The van der Waals surface area contributed by atoms with Crippen LogP contribution in [0.4, 0.5) is 0 Å². The normalized spacial score (nSPS) is 9.44. The van der Waals surface area contributed by atoms with Crippen LogP contribution in [-0.4, -0.2) is 30.1 Å². The molecule has 0 aliphatic rings. The lowest BCUT2D eigenvalue weighted by atomic mass is 10.4. The minimum Gasteiger partial charge on any atom is -0.366 e. The number of nitrogens with one attached hydrogen (secondary N) is 1. The second kappa shape index (κ2) is 3.67. The molecule has 9 heavy (non-hydrogen) atoms.